The van der Waals surface area contributed by atoms with E-state index in [0.29, 0.717) is 12.1 Å². The molecule has 0 amide bonds. The van der Waals surface area contributed by atoms with Gasteiger partial charge in [0, 0.05) is 18.1 Å². The van der Waals surface area contributed by atoms with E-state index in [9.17, 15) is 0 Å². The fourth-order valence-electron chi connectivity index (χ4n) is 2.02. The van der Waals surface area contributed by atoms with Gasteiger partial charge in [-0.25, -0.2) is 4.98 Å². The quantitative estimate of drug-likeness (QED) is 0.856. The van der Waals surface area contributed by atoms with Crippen molar-refractivity contribution >= 4 is 16.7 Å². The number of hydrogen-bond acceptors (Lipinski definition) is 5. The van der Waals surface area contributed by atoms with E-state index < -0.39 is 0 Å². The summed E-state index contributed by atoms with van der Waals surface area (Å²) < 4.78 is 9.85. The van der Waals surface area contributed by atoms with Gasteiger partial charge in [-0.1, -0.05) is 0 Å². The highest BCUT2D eigenvalue weighted by Gasteiger charge is 2.28. The van der Waals surface area contributed by atoms with Crippen LogP contribution in [0.5, 0.6) is 0 Å². The van der Waals surface area contributed by atoms with E-state index in [1.165, 1.54) is 24.4 Å². The van der Waals surface area contributed by atoms with E-state index in [-0.39, 0.29) is 0 Å². The van der Waals surface area contributed by atoms with Crippen molar-refractivity contribution in [2.45, 2.75) is 45.3 Å². The Kier molecular flexibility index (Phi) is 3.53. The molecule has 2 rings (SSSR count). The van der Waals surface area contributed by atoms with Gasteiger partial charge in [-0.15, -0.1) is 0 Å². The molecule has 15 heavy (non-hydrogen) atoms. The Morgan fingerprint density at radius 2 is 2.40 bits per heavy atom. The molecule has 4 nitrogen and oxygen atoms in total. The third-order valence-corrected chi connectivity index (χ3v) is 3.41. The molecular weight excluding hydrogens is 210 g/mol. The topological polar surface area (TPSA) is 47.0 Å². The second-order valence-electron chi connectivity index (χ2n) is 3.82. The Hall–Kier alpha value is -0.680. The maximum Gasteiger partial charge on any atom is 0.202 e. The number of nitrogens with one attached hydrogen (secondary N) is 1. The molecule has 1 aromatic heterocycles. The first kappa shape index (κ1) is 10.8. The number of aromatic nitrogens is 2. The molecule has 1 aliphatic carbocycles. The zero-order chi connectivity index (χ0) is 10.7. The standard InChI is InChI=1S/C10H17N3OS/c1-3-14-9-6-4-5-8(9)12-10-11-7(2)13-15-10/h8-9H,3-6H2,1-2H3,(H,11,12,13)/t8-,9-/m1/s1. The summed E-state index contributed by atoms with van der Waals surface area (Å²) in [4.78, 5) is 4.31. The van der Waals surface area contributed by atoms with E-state index in [2.05, 4.69) is 14.7 Å². The van der Waals surface area contributed by atoms with Crippen molar-refractivity contribution in [2.24, 2.45) is 0 Å². The fourth-order valence-corrected chi connectivity index (χ4v) is 2.66. The van der Waals surface area contributed by atoms with Crippen LogP contribution in [0, 0.1) is 6.92 Å². The van der Waals surface area contributed by atoms with Crippen molar-refractivity contribution in [1.82, 2.24) is 9.36 Å². The van der Waals surface area contributed by atoms with Crippen LogP contribution in [0.2, 0.25) is 0 Å². The zero-order valence-electron chi connectivity index (χ0n) is 9.19. The van der Waals surface area contributed by atoms with Gasteiger partial charge in [-0.3, -0.25) is 0 Å². The van der Waals surface area contributed by atoms with Gasteiger partial charge in [0.15, 0.2) is 0 Å². The molecule has 84 valence electrons. The van der Waals surface area contributed by atoms with Crippen LogP contribution < -0.4 is 5.32 Å². The predicted molar refractivity (Wildman–Crippen MR) is 61.3 cm³/mol. The molecule has 5 heteroatoms. The average Bonchev–Trinajstić information content (AvgIpc) is 2.78. The van der Waals surface area contributed by atoms with Crippen LogP contribution in [-0.2, 0) is 4.74 Å². The van der Waals surface area contributed by atoms with Crippen molar-refractivity contribution < 1.29 is 4.74 Å². The minimum atomic E-state index is 0.346. The van der Waals surface area contributed by atoms with Gasteiger partial charge in [0.1, 0.15) is 5.82 Å². The molecule has 0 bridgehead atoms. The molecule has 1 saturated carbocycles. The summed E-state index contributed by atoms with van der Waals surface area (Å²) in [7, 11) is 0. The van der Waals surface area contributed by atoms with E-state index in [4.69, 9.17) is 4.74 Å². The lowest BCUT2D eigenvalue weighted by molar-refractivity contribution is 0.0616. The number of aryl methyl sites for hydroxylation is 1. The van der Waals surface area contributed by atoms with Gasteiger partial charge in [0.2, 0.25) is 5.13 Å². The van der Waals surface area contributed by atoms with Crippen LogP contribution in [0.15, 0.2) is 0 Å². The van der Waals surface area contributed by atoms with Crippen LogP contribution in [0.1, 0.15) is 32.0 Å². The first-order chi connectivity index (χ1) is 7.29. The summed E-state index contributed by atoms with van der Waals surface area (Å²) in [5, 5.41) is 4.34. The monoisotopic (exact) mass is 227 g/mol. The number of ether oxygens (including phenoxy) is 1. The second-order valence-corrected chi connectivity index (χ2v) is 4.57. The number of anilines is 1. The Morgan fingerprint density at radius 3 is 3.07 bits per heavy atom. The highest BCUT2D eigenvalue weighted by atomic mass is 32.1. The Balaban J connectivity index is 1.93. The molecule has 0 unspecified atom stereocenters. The molecular formula is C10H17N3OS. The van der Waals surface area contributed by atoms with Crippen molar-refractivity contribution in [3.05, 3.63) is 5.82 Å². The molecule has 1 aliphatic rings. The number of rotatable bonds is 4. The zero-order valence-corrected chi connectivity index (χ0v) is 10.0. The van der Waals surface area contributed by atoms with Crippen molar-refractivity contribution in [1.29, 1.82) is 0 Å². The van der Waals surface area contributed by atoms with Crippen LogP contribution >= 0.6 is 11.5 Å². The fraction of sp³-hybridized carbons (Fsp3) is 0.800. The first-order valence-corrected chi connectivity index (χ1v) is 6.25. The van der Waals surface area contributed by atoms with Crippen molar-refractivity contribution in [3.8, 4) is 0 Å². The van der Waals surface area contributed by atoms with Gasteiger partial charge in [0.05, 0.1) is 12.1 Å². The molecule has 0 saturated heterocycles. The molecule has 1 N–H and O–H groups in total. The van der Waals surface area contributed by atoms with Gasteiger partial charge in [-0.05, 0) is 33.1 Å². The molecule has 0 radical (unpaired) electrons. The van der Waals surface area contributed by atoms with E-state index in [1.807, 2.05) is 13.8 Å². The summed E-state index contributed by atoms with van der Waals surface area (Å²) in [6.45, 7) is 4.75. The Bertz CT molecular complexity index is 315. The SMILES string of the molecule is CCO[C@@H]1CCC[C@H]1Nc1nc(C)ns1. The molecule has 0 aliphatic heterocycles. The number of nitrogens with zero attached hydrogens (tertiary/aromatic N) is 2. The predicted octanol–water partition coefficient (Wildman–Crippen LogP) is 2.22. The summed E-state index contributed by atoms with van der Waals surface area (Å²) in [5.74, 6) is 0.841. The lowest BCUT2D eigenvalue weighted by atomic mass is 10.2. The van der Waals surface area contributed by atoms with Gasteiger partial charge >= 0.3 is 0 Å². The Morgan fingerprint density at radius 1 is 1.53 bits per heavy atom. The van der Waals surface area contributed by atoms with E-state index in [1.54, 1.807) is 0 Å². The highest BCUT2D eigenvalue weighted by Crippen LogP contribution is 2.26. The summed E-state index contributed by atoms with van der Waals surface area (Å²) in [6, 6.07) is 0.414. The maximum absolute atomic E-state index is 5.69. The van der Waals surface area contributed by atoms with E-state index >= 15 is 0 Å². The Labute approximate surface area is 94.2 Å². The van der Waals surface area contributed by atoms with Gasteiger partial charge in [0.25, 0.3) is 0 Å². The minimum Gasteiger partial charge on any atom is -0.376 e. The normalized spacial score (nSPS) is 25.7. The molecule has 1 fully saturated rings. The third-order valence-electron chi connectivity index (χ3n) is 2.67. The highest BCUT2D eigenvalue weighted by molar-refractivity contribution is 7.09. The summed E-state index contributed by atoms with van der Waals surface area (Å²) in [5.41, 5.74) is 0. The van der Waals surface area contributed by atoms with Crippen LogP contribution in [0.4, 0.5) is 5.13 Å². The third kappa shape index (κ3) is 2.66. The summed E-state index contributed by atoms with van der Waals surface area (Å²) in [6.07, 6.45) is 3.91. The smallest absolute Gasteiger partial charge is 0.202 e. The molecule has 0 spiro atoms. The van der Waals surface area contributed by atoms with Crippen molar-refractivity contribution in [3.63, 3.8) is 0 Å². The van der Waals surface area contributed by atoms with E-state index in [0.717, 1.165) is 24.0 Å². The van der Waals surface area contributed by atoms with Crippen LogP contribution in [0.25, 0.3) is 0 Å². The lowest BCUT2D eigenvalue weighted by Gasteiger charge is -2.19. The number of hydrogen-bond donors (Lipinski definition) is 1. The average molecular weight is 227 g/mol. The molecule has 0 aromatic carbocycles. The molecule has 1 aromatic rings. The van der Waals surface area contributed by atoms with Gasteiger partial charge < -0.3 is 10.1 Å². The van der Waals surface area contributed by atoms with Crippen LogP contribution in [0.3, 0.4) is 0 Å². The lowest BCUT2D eigenvalue weighted by Crippen LogP contribution is -2.30. The molecule has 2 atom stereocenters. The second kappa shape index (κ2) is 4.90. The largest absolute Gasteiger partial charge is 0.376 e. The maximum atomic E-state index is 5.69. The summed E-state index contributed by atoms with van der Waals surface area (Å²) >= 11 is 1.43. The van der Waals surface area contributed by atoms with Gasteiger partial charge in [-0.2, -0.15) is 4.37 Å². The minimum absolute atomic E-state index is 0.346. The first-order valence-electron chi connectivity index (χ1n) is 5.48. The van der Waals surface area contributed by atoms with Crippen molar-refractivity contribution in [2.75, 3.05) is 11.9 Å². The molecule has 1 heterocycles. The van der Waals surface area contributed by atoms with Crippen LogP contribution in [-0.4, -0.2) is 28.1 Å².